The summed E-state index contributed by atoms with van der Waals surface area (Å²) < 4.78 is 6.92. The van der Waals surface area contributed by atoms with E-state index in [0.717, 1.165) is 22.5 Å². The zero-order valence-corrected chi connectivity index (χ0v) is 17.8. The minimum absolute atomic E-state index is 0.00203. The van der Waals surface area contributed by atoms with Crippen LogP contribution < -0.4 is 0 Å². The highest BCUT2D eigenvalue weighted by molar-refractivity contribution is 5.81. The third kappa shape index (κ3) is 5.00. The number of hydrogen-bond donors (Lipinski definition) is 0. The fourth-order valence-corrected chi connectivity index (χ4v) is 3.38. The Labute approximate surface area is 175 Å². The van der Waals surface area contributed by atoms with E-state index in [1.54, 1.807) is 9.42 Å². The first kappa shape index (κ1) is 21.4. The van der Waals surface area contributed by atoms with Gasteiger partial charge in [-0.05, 0) is 45.2 Å². The Kier molecular flexibility index (Phi) is 6.76. The molecule has 2 heterocycles. The highest BCUT2D eigenvalue weighted by Gasteiger charge is 2.19. The van der Waals surface area contributed by atoms with E-state index in [0.29, 0.717) is 18.7 Å². The van der Waals surface area contributed by atoms with Crippen LogP contribution in [0.2, 0.25) is 0 Å². The van der Waals surface area contributed by atoms with Crippen LogP contribution in [-0.4, -0.2) is 49.0 Å². The number of ether oxygens (including phenoxy) is 1. The van der Waals surface area contributed by atoms with Crippen LogP contribution in [0.4, 0.5) is 0 Å². The molecule has 2 aromatic heterocycles. The SMILES string of the molecule is Cc1nc2ncnn2c(C)c1CCC(=O)OCC(=O)N(Cc1ccccc1)C(C)C. The van der Waals surface area contributed by atoms with Gasteiger partial charge in [-0.15, -0.1) is 0 Å². The summed E-state index contributed by atoms with van der Waals surface area (Å²) in [5.41, 5.74) is 3.68. The predicted octanol–water partition coefficient (Wildman–Crippen LogP) is 2.65. The molecule has 0 radical (unpaired) electrons. The van der Waals surface area contributed by atoms with Gasteiger partial charge in [0.15, 0.2) is 6.61 Å². The molecule has 3 rings (SSSR count). The van der Waals surface area contributed by atoms with E-state index in [1.807, 2.05) is 58.0 Å². The molecule has 0 bridgehead atoms. The first-order valence-electron chi connectivity index (χ1n) is 10.0. The highest BCUT2D eigenvalue weighted by atomic mass is 16.5. The number of hydrogen-bond acceptors (Lipinski definition) is 6. The number of esters is 1. The zero-order chi connectivity index (χ0) is 21.7. The largest absolute Gasteiger partial charge is 0.456 e. The quantitative estimate of drug-likeness (QED) is 0.532. The summed E-state index contributed by atoms with van der Waals surface area (Å²) in [4.78, 5) is 35.1. The van der Waals surface area contributed by atoms with Crippen molar-refractivity contribution < 1.29 is 14.3 Å². The molecule has 1 amide bonds. The smallest absolute Gasteiger partial charge is 0.306 e. The molecule has 0 spiro atoms. The lowest BCUT2D eigenvalue weighted by Gasteiger charge is -2.26. The van der Waals surface area contributed by atoms with Crippen molar-refractivity contribution >= 4 is 17.7 Å². The highest BCUT2D eigenvalue weighted by Crippen LogP contribution is 2.15. The summed E-state index contributed by atoms with van der Waals surface area (Å²) in [5, 5.41) is 4.15. The maximum Gasteiger partial charge on any atom is 0.306 e. The summed E-state index contributed by atoms with van der Waals surface area (Å²) in [6, 6.07) is 9.76. The van der Waals surface area contributed by atoms with Gasteiger partial charge >= 0.3 is 5.97 Å². The van der Waals surface area contributed by atoms with Gasteiger partial charge in [0, 0.05) is 30.4 Å². The van der Waals surface area contributed by atoms with Crippen LogP contribution >= 0.6 is 0 Å². The van der Waals surface area contributed by atoms with Gasteiger partial charge in [0.05, 0.1) is 0 Å². The molecule has 8 nitrogen and oxygen atoms in total. The lowest BCUT2D eigenvalue weighted by molar-refractivity contribution is -0.153. The number of benzene rings is 1. The van der Waals surface area contributed by atoms with E-state index in [2.05, 4.69) is 15.1 Å². The van der Waals surface area contributed by atoms with Gasteiger partial charge in [0.1, 0.15) is 6.33 Å². The second-order valence-corrected chi connectivity index (χ2v) is 7.49. The second-order valence-electron chi connectivity index (χ2n) is 7.49. The van der Waals surface area contributed by atoms with Gasteiger partial charge in [-0.2, -0.15) is 10.1 Å². The van der Waals surface area contributed by atoms with E-state index >= 15 is 0 Å². The maximum atomic E-state index is 12.6. The molecule has 158 valence electrons. The van der Waals surface area contributed by atoms with Gasteiger partial charge in [-0.1, -0.05) is 30.3 Å². The van der Waals surface area contributed by atoms with Gasteiger partial charge in [0.2, 0.25) is 0 Å². The number of aromatic nitrogens is 4. The topological polar surface area (TPSA) is 89.7 Å². The Bertz CT molecular complexity index is 1030. The molecule has 0 unspecified atom stereocenters. The lowest BCUT2D eigenvalue weighted by Crippen LogP contribution is -2.39. The van der Waals surface area contributed by atoms with Crippen LogP contribution in [0.25, 0.3) is 5.78 Å². The molecule has 0 aliphatic carbocycles. The lowest BCUT2D eigenvalue weighted by atomic mass is 10.1. The molecular formula is C22H27N5O3. The van der Waals surface area contributed by atoms with Crippen molar-refractivity contribution in [2.45, 2.75) is 53.1 Å². The third-order valence-corrected chi connectivity index (χ3v) is 5.06. The molecule has 30 heavy (non-hydrogen) atoms. The van der Waals surface area contributed by atoms with Crippen LogP contribution in [0.5, 0.6) is 0 Å². The number of carbonyl (C=O) groups is 2. The Morgan fingerprint density at radius 3 is 2.60 bits per heavy atom. The van der Waals surface area contributed by atoms with Crippen molar-refractivity contribution in [3.8, 4) is 0 Å². The van der Waals surface area contributed by atoms with E-state index < -0.39 is 5.97 Å². The average molecular weight is 409 g/mol. The molecule has 0 atom stereocenters. The van der Waals surface area contributed by atoms with Crippen molar-refractivity contribution in [2.75, 3.05) is 6.61 Å². The van der Waals surface area contributed by atoms with Gasteiger partial charge in [-0.25, -0.2) is 9.50 Å². The van der Waals surface area contributed by atoms with Crippen molar-refractivity contribution in [1.82, 2.24) is 24.5 Å². The minimum atomic E-state index is -0.413. The fourth-order valence-electron chi connectivity index (χ4n) is 3.38. The third-order valence-electron chi connectivity index (χ3n) is 5.06. The Morgan fingerprint density at radius 1 is 1.17 bits per heavy atom. The molecule has 0 saturated carbocycles. The average Bonchev–Trinajstić information content (AvgIpc) is 3.19. The molecular weight excluding hydrogens is 382 g/mol. The zero-order valence-electron chi connectivity index (χ0n) is 17.8. The molecule has 0 aliphatic rings. The Morgan fingerprint density at radius 2 is 1.90 bits per heavy atom. The van der Waals surface area contributed by atoms with E-state index in [-0.39, 0.29) is 25.0 Å². The molecule has 8 heteroatoms. The standard InChI is InChI=1S/C22H27N5O3/c1-15(2)26(12-18-8-6-5-7-9-18)20(28)13-30-21(29)11-10-19-16(3)25-22-23-14-24-27(22)17(19)4/h5-9,14-15H,10-13H2,1-4H3. The number of aryl methyl sites for hydroxylation is 2. The van der Waals surface area contributed by atoms with Gasteiger partial charge < -0.3 is 9.64 Å². The Hall–Kier alpha value is -3.29. The summed E-state index contributed by atoms with van der Waals surface area (Å²) in [5.74, 6) is -0.0846. The fraction of sp³-hybridized carbons (Fsp3) is 0.409. The molecule has 3 aromatic rings. The van der Waals surface area contributed by atoms with Crippen molar-refractivity contribution in [3.05, 3.63) is 59.2 Å². The summed E-state index contributed by atoms with van der Waals surface area (Å²) >= 11 is 0. The number of fused-ring (bicyclic) bond motifs is 1. The van der Waals surface area contributed by atoms with Crippen molar-refractivity contribution in [2.24, 2.45) is 0 Å². The van der Waals surface area contributed by atoms with E-state index in [1.165, 1.54) is 6.33 Å². The van der Waals surface area contributed by atoms with Crippen molar-refractivity contribution in [1.29, 1.82) is 0 Å². The van der Waals surface area contributed by atoms with Gasteiger partial charge in [0.25, 0.3) is 11.7 Å². The van der Waals surface area contributed by atoms with E-state index in [9.17, 15) is 9.59 Å². The molecule has 0 aliphatic heterocycles. The van der Waals surface area contributed by atoms with Crippen LogP contribution in [0.3, 0.4) is 0 Å². The van der Waals surface area contributed by atoms with Crippen LogP contribution in [0, 0.1) is 13.8 Å². The first-order valence-corrected chi connectivity index (χ1v) is 10.0. The molecule has 1 aromatic carbocycles. The summed E-state index contributed by atoms with van der Waals surface area (Å²) in [7, 11) is 0. The minimum Gasteiger partial charge on any atom is -0.456 e. The molecule has 0 saturated heterocycles. The van der Waals surface area contributed by atoms with E-state index in [4.69, 9.17) is 4.74 Å². The molecule has 0 fully saturated rings. The monoisotopic (exact) mass is 409 g/mol. The second kappa shape index (κ2) is 9.47. The number of rotatable bonds is 8. The maximum absolute atomic E-state index is 12.6. The van der Waals surface area contributed by atoms with Crippen LogP contribution in [0.15, 0.2) is 36.7 Å². The molecule has 0 N–H and O–H groups in total. The van der Waals surface area contributed by atoms with Crippen LogP contribution in [0.1, 0.15) is 42.8 Å². The number of nitrogens with zero attached hydrogens (tertiary/aromatic N) is 5. The Balaban J connectivity index is 1.55. The normalized spacial score (nSPS) is 11.1. The summed E-state index contributed by atoms with van der Waals surface area (Å²) in [6.45, 7) is 7.92. The summed E-state index contributed by atoms with van der Waals surface area (Å²) in [6.07, 6.45) is 2.08. The van der Waals surface area contributed by atoms with Gasteiger partial charge in [-0.3, -0.25) is 9.59 Å². The van der Waals surface area contributed by atoms with Crippen molar-refractivity contribution in [3.63, 3.8) is 0 Å². The predicted molar refractivity (Wildman–Crippen MR) is 112 cm³/mol. The first-order chi connectivity index (χ1) is 14.4. The van der Waals surface area contributed by atoms with Crippen LogP contribution in [-0.2, 0) is 27.3 Å². The number of amides is 1. The number of carbonyl (C=O) groups excluding carboxylic acids is 2.